The van der Waals surface area contributed by atoms with Crippen LogP contribution in [0.2, 0.25) is 0 Å². The second-order valence-corrected chi connectivity index (χ2v) is 6.20. The second-order valence-electron chi connectivity index (χ2n) is 4.43. The van der Waals surface area contributed by atoms with Gasteiger partial charge in [0.15, 0.2) is 0 Å². The van der Waals surface area contributed by atoms with Crippen molar-refractivity contribution in [2.24, 2.45) is 0 Å². The maximum absolute atomic E-state index is 12.0. The van der Waals surface area contributed by atoms with E-state index < -0.39 is 10.0 Å². The van der Waals surface area contributed by atoms with Gasteiger partial charge < -0.3 is 10.1 Å². The molecule has 0 atom stereocenters. The Hall–Kier alpha value is -0.960. The van der Waals surface area contributed by atoms with Crippen molar-refractivity contribution in [3.63, 3.8) is 0 Å². The minimum Gasteiger partial charge on any atom is -0.385 e. The molecule has 0 aliphatic carbocycles. The van der Waals surface area contributed by atoms with Gasteiger partial charge in [0.25, 0.3) is 0 Å². The van der Waals surface area contributed by atoms with Crippen LogP contribution >= 0.6 is 0 Å². The summed E-state index contributed by atoms with van der Waals surface area (Å²) in [5, 5.41) is 7.30. The van der Waals surface area contributed by atoms with E-state index in [0.717, 1.165) is 19.5 Å². The Bertz CT molecular complexity index is 473. The molecular weight excluding hydrogens is 280 g/mol. The first-order valence-corrected chi connectivity index (χ1v) is 8.30. The van der Waals surface area contributed by atoms with E-state index in [1.165, 1.54) is 6.20 Å². The predicted octanol–water partition coefficient (Wildman–Crippen LogP) is 0.198. The quantitative estimate of drug-likeness (QED) is 0.570. The molecule has 0 fully saturated rings. The molecule has 0 spiro atoms. The number of ether oxygens (including phenoxy) is 1. The maximum atomic E-state index is 12.0. The fraction of sp³-hybridized carbons (Fsp3) is 0.750. The standard InChI is InChI=1S/C12H24N4O3S/c1-3-5-13-7-8-16-11-12(10-14-16)20(17,18)15-6-4-9-19-2/h10-11,13,15H,3-9H2,1-2H3. The van der Waals surface area contributed by atoms with Crippen LogP contribution in [0.3, 0.4) is 0 Å². The molecule has 0 aromatic carbocycles. The highest BCUT2D eigenvalue weighted by molar-refractivity contribution is 7.89. The van der Waals surface area contributed by atoms with Crippen LogP contribution in [0.5, 0.6) is 0 Å². The third kappa shape index (κ3) is 6.00. The third-order valence-electron chi connectivity index (χ3n) is 2.68. The smallest absolute Gasteiger partial charge is 0.243 e. The largest absolute Gasteiger partial charge is 0.385 e. The molecule has 1 aromatic heterocycles. The van der Waals surface area contributed by atoms with Crippen molar-refractivity contribution >= 4 is 10.0 Å². The predicted molar refractivity (Wildman–Crippen MR) is 77.1 cm³/mol. The summed E-state index contributed by atoms with van der Waals surface area (Å²) in [6, 6.07) is 0. The summed E-state index contributed by atoms with van der Waals surface area (Å²) >= 11 is 0. The van der Waals surface area contributed by atoms with Gasteiger partial charge in [-0.15, -0.1) is 0 Å². The molecule has 0 aliphatic rings. The van der Waals surface area contributed by atoms with Gasteiger partial charge >= 0.3 is 0 Å². The lowest BCUT2D eigenvalue weighted by atomic mass is 10.5. The number of hydrogen-bond donors (Lipinski definition) is 2. The van der Waals surface area contributed by atoms with Crippen molar-refractivity contribution < 1.29 is 13.2 Å². The van der Waals surface area contributed by atoms with E-state index in [1.54, 1.807) is 18.0 Å². The lowest BCUT2D eigenvalue weighted by Crippen LogP contribution is -2.25. The van der Waals surface area contributed by atoms with Crippen LogP contribution < -0.4 is 10.0 Å². The minimum atomic E-state index is -3.46. The summed E-state index contributed by atoms with van der Waals surface area (Å²) in [5.74, 6) is 0. The summed E-state index contributed by atoms with van der Waals surface area (Å²) in [6.45, 7) is 5.37. The summed E-state index contributed by atoms with van der Waals surface area (Å²) in [5.41, 5.74) is 0. The lowest BCUT2D eigenvalue weighted by molar-refractivity contribution is 0.196. The van der Waals surface area contributed by atoms with E-state index in [1.807, 2.05) is 0 Å². The molecular formula is C12H24N4O3S. The van der Waals surface area contributed by atoms with E-state index >= 15 is 0 Å². The third-order valence-corrected chi connectivity index (χ3v) is 4.10. The molecule has 0 radical (unpaired) electrons. The van der Waals surface area contributed by atoms with Crippen molar-refractivity contribution in [3.05, 3.63) is 12.4 Å². The molecule has 0 saturated heterocycles. The van der Waals surface area contributed by atoms with Gasteiger partial charge in [0, 0.05) is 33.0 Å². The normalized spacial score (nSPS) is 11.9. The summed E-state index contributed by atoms with van der Waals surface area (Å²) in [7, 11) is -1.88. The van der Waals surface area contributed by atoms with Gasteiger partial charge in [-0.1, -0.05) is 6.92 Å². The Morgan fingerprint density at radius 1 is 1.35 bits per heavy atom. The Labute approximate surface area is 120 Å². The van der Waals surface area contributed by atoms with Crippen LogP contribution in [-0.2, 0) is 21.3 Å². The number of nitrogens with zero attached hydrogens (tertiary/aromatic N) is 2. The van der Waals surface area contributed by atoms with Crippen molar-refractivity contribution in [1.82, 2.24) is 19.8 Å². The van der Waals surface area contributed by atoms with Gasteiger partial charge in [-0.25, -0.2) is 13.1 Å². The maximum Gasteiger partial charge on any atom is 0.243 e. The van der Waals surface area contributed by atoms with E-state index in [2.05, 4.69) is 22.1 Å². The highest BCUT2D eigenvalue weighted by Gasteiger charge is 2.15. The van der Waals surface area contributed by atoms with Crippen LogP contribution in [0.25, 0.3) is 0 Å². The monoisotopic (exact) mass is 304 g/mol. The molecule has 20 heavy (non-hydrogen) atoms. The van der Waals surface area contributed by atoms with Crippen LogP contribution in [0.15, 0.2) is 17.3 Å². The highest BCUT2D eigenvalue weighted by Crippen LogP contribution is 2.06. The molecule has 1 heterocycles. The Morgan fingerprint density at radius 3 is 2.85 bits per heavy atom. The van der Waals surface area contributed by atoms with E-state index in [-0.39, 0.29) is 4.90 Å². The molecule has 8 heteroatoms. The van der Waals surface area contributed by atoms with Crippen molar-refractivity contribution in [1.29, 1.82) is 0 Å². The first-order valence-electron chi connectivity index (χ1n) is 6.82. The zero-order chi connectivity index (χ0) is 14.8. The molecule has 2 N–H and O–H groups in total. The second kappa shape index (κ2) is 9.06. The number of nitrogens with one attached hydrogen (secondary N) is 2. The first kappa shape index (κ1) is 17.1. The number of sulfonamides is 1. The van der Waals surface area contributed by atoms with E-state index in [9.17, 15) is 8.42 Å². The minimum absolute atomic E-state index is 0.199. The van der Waals surface area contributed by atoms with Crippen molar-refractivity contribution in [3.8, 4) is 0 Å². The summed E-state index contributed by atoms with van der Waals surface area (Å²) in [6.07, 6.45) is 4.64. The topological polar surface area (TPSA) is 85.2 Å². The molecule has 1 aromatic rings. The van der Waals surface area contributed by atoms with Crippen molar-refractivity contribution in [2.45, 2.75) is 31.2 Å². The average Bonchev–Trinajstić information content (AvgIpc) is 2.89. The zero-order valence-corrected chi connectivity index (χ0v) is 12.9. The molecule has 116 valence electrons. The number of rotatable bonds is 11. The van der Waals surface area contributed by atoms with Crippen LogP contribution in [0.4, 0.5) is 0 Å². The SMILES string of the molecule is CCCNCCn1cc(S(=O)(=O)NCCCOC)cn1. The van der Waals surface area contributed by atoms with Crippen molar-refractivity contribution in [2.75, 3.05) is 33.4 Å². The molecule has 0 bridgehead atoms. The molecule has 0 saturated carbocycles. The first-order chi connectivity index (χ1) is 9.60. The fourth-order valence-corrected chi connectivity index (χ4v) is 2.63. The lowest BCUT2D eigenvalue weighted by Gasteiger charge is -2.04. The van der Waals surface area contributed by atoms with Gasteiger partial charge in [-0.05, 0) is 19.4 Å². The summed E-state index contributed by atoms with van der Waals surface area (Å²) < 4.78 is 33.0. The zero-order valence-electron chi connectivity index (χ0n) is 12.1. The van der Waals surface area contributed by atoms with Crippen LogP contribution in [0, 0.1) is 0 Å². The molecule has 0 aliphatic heterocycles. The molecule has 1 rings (SSSR count). The average molecular weight is 304 g/mol. The number of hydrogen-bond acceptors (Lipinski definition) is 5. The molecule has 0 unspecified atom stereocenters. The highest BCUT2D eigenvalue weighted by atomic mass is 32.2. The van der Waals surface area contributed by atoms with Crippen LogP contribution in [0.1, 0.15) is 19.8 Å². The molecule has 0 amide bonds. The van der Waals surface area contributed by atoms with Crippen LogP contribution in [-0.4, -0.2) is 51.5 Å². The number of aromatic nitrogens is 2. The summed E-state index contributed by atoms with van der Waals surface area (Å²) in [4.78, 5) is 0.199. The Morgan fingerprint density at radius 2 is 2.15 bits per heavy atom. The molecule has 7 nitrogen and oxygen atoms in total. The van der Waals surface area contributed by atoms with Gasteiger partial charge in [-0.3, -0.25) is 4.68 Å². The van der Waals surface area contributed by atoms with Gasteiger partial charge in [-0.2, -0.15) is 5.10 Å². The van der Waals surface area contributed by atoms with E-state index in [0.29, 0.717) is 26.1 Å². The van der Waals surface area contributed by atoms with Gasteiger partial charge in [0.05, 0.1) is 12.7 Å². The Kier molecular flexibility index (Phi) is 7.75. The van der Waals surface area contributed by atoms with Gasteiger partial charge in [0.2, 0.25) is 10.0 Å². The van der Waals surface area contributed by atoms with Gasteiger partial charge in [0.1, 0.15) is 4.90 Å². The number of methoxy groups -OCH3 is 1. The fourth-order valence-electron chi connectivity index (χ4n) is 1.61. The Balaban J connectivity index is 2.44. The van der Waals surface area contributed by atoms with E-state index in [4.69, 9.17) is 4.74 Å².